The normalized spacial score (nSPS) is 25.7. The molecule has 0 saturated carbocycles. The van der Waals surface area contributed by atoms with E-state index < -0.39 is 0 Å². The van der Waals surface area contributed by atoms with E-state index >= 15 is 0 Å². The molecule has 2 saturated heterocycles. The highest BCUT2D eigenvalue weighted by Crippen LogP contribution is 2.34. The van der Waals surface area contributed by atoms with Crippen molar-refractivity contribution in [1.29, 1.82) is 0 Å². The lowest BCUT2D eigenvalue weighted by Crippen LogP contribution is -2.47. The summed E-state index contributed by atoms with van der Waals surface area (Å²) in [5.74, 6) is 0.916. The third-order valence-electron chi connectivity index (χ3n) is 5.35. The van der Waals surface area contributed by atoms with Gasteiger partial charge in [-0.05, 0) is 56.7 Å². The lowest BCUT2D eigenvalue weighted by atomic mass is 9.96. The van der Waals surface area contributed by atoms with E-state index in [0.717, 1.165) is 31.9 Å². The molecule has 0 spiro atoms. The maximum Gasteiger partial charge on any atom is 0.191 e. The molecule has 3 atom stereocenters. The number of hydrogen-bond donors (Lipinski definition) is 3. The molecule has 0 radical (unpaired) electrons. The van der Waals surface area contributed by atoms with Crippen LogP contribution in [0.1, 0.15) is 37.3 Å². The van der Waals surface area contributed by atoms with Crippen LogP contribution in [-0.4, -0.2) is 42.3 Å². The van der Waals surface area contributed by atoms with Crippen molar-refractivity contribution in [1.82, 2.24) is 15.6 Å². The van der Waals surface area contributed by atoms with Gasteiger partial charge in [0.25, 0.3) is 0 Å². The summed E-state index contributed by atoms with van der Waals surface area (Å²) in [5.41, 5.74) is 3.83. The molecule has 2 fully saturated rings. The Kier molecular flexibility index (Phi) is 4.66. The minimum atomic E-state index is 0.366. The first-order valence-electron chi connectivity index (χ1n) is 9.50. The number of rotatable bonds is 5. The van der Waals surface area contributed by atoms with Gasteiger partial charge in [0, 0.05) is 30.2 Å². The van der Waals surface area contributed by atoms with Gasteiger partial charge in [-0.3, -0.25) is 4.99 Å². The van der Waals surface area contributed by atoms with Gasteiger partial charge in [0.1, 0.15) is 0 Å². The first-order chi connectivity index (χ1) is 12.2. The van der Waals surface area contributed by atoms with Gasteiger partial charge in [-0.2, -0.15) is 0 Å². The number of aromatic amines is 1. The highest BCUT2D eigenvalue weighted by molar-refractivity contribution is 5.84. The molecule has 0 aliphatic carbocycles. The maximum absolute atomic E-state index is 5.94. The fourth-order valence-electron chi connectivity index (χ4n) is 4.08. The molecule has 2 aliphatic rings. The van der Waals surface area contributed by atoms with E-state index in [-0.39, 0.29) is 0 Å². The van der Waals surface area contributed by atoms with E-state index in [0.29, 0.717) is 18.2 Å². The Bertz CT molecular complexity index is 766. The molecule has 2 aliphatic heterocycles. The Morgan fingerprint density at radius 3 is 3.04 bits per heavy atom. The average Bonchev–Trinajstić information content (AvgIpc) is 3.30. The van der Waals surface area contributed by atoms with Crippen LogP contribution in [0.15, 0.2) is 29.4 Å². The third kappa shape index (κ3) is 3.52. The molecule has 1 aromatic heterocycles. The molecule has 2 bridgehead atoms. The van der Waals surface area contributed by atoms with Crippen LogP contribution < -0.4 is 10.6 Å². The summed E-state index contributed by atoms with van der Waals surface area (Å²) in [6.07, 6.45) is 7.38. The zero-order valence-corrected chi connectivity index (χ0v) is 15.1. The second kappa shape index (κ2) is 7.08. The van der Waals surface area contributed by atoms with E-state index in [4.69, 9.17) is 9.73 Å². The van der Waals surface area contributed by atoms with Crippen LogP contribution in [0.3, 0.4) is 0 Å². The van der Waals surface area contributed by atoms with Gasteiger partial charge in [-0.25, -0.2) is 0 Å². The number of fused-ring (bicyclic) bond motifs is 3. The smallest absolute Gasteiger partial charge is 0.191 e. The SMILES string of the molecule is CCNC(=NCCc1c[nH]c2cc(C)ccc12)NC1CC2CCC1O2. The number of aromatic nitrogens is 1. The van der Waals surface area contributed by atoms with Gasteiger partial charge in [-0.15, -0.1) is 0 Å². The Hall–Kier alpha value is -2.01. The number of nitrogens with zero attached hydrogens (tertiary/aromatic N) is 1. The topological polar surface area (TPSA) is 61.4 Å². The highest BCUT2D eigenvalue weighted by Gasteiger charge is 2.41. The van der Waals surface area contributed by atoms with E-state index in [2.05, 4.69) is 53.9 Å². The van der Waals surface area contributed by atoms with Crippen LogP contribution in [-0.2, 0) is 11.2 Å². The maximum atomic E-state index is 5.94. The standard InChI is InChI=1S/C20H28N4O/c1-3-21-20(24-18-11-15-5-7-19(18)25-15)22-9-8-14-12-23-17-10-13(2)4-6-16(14)17/h4,6,10,12,15,18-19,23H,3,5,7-9,11H2,1-2H3,(H2,21,22,24). The molecule has 1 aromatic carbocycles. The summed E-state index contributed by atoms with van der Waals surface area (Å²) in [4.78, 5) is 8.16. The van der Waals surface area contributed by atoms with E-state index in [1.54, 1.807) is 0 Å². The molecule has 2 aromatic rings. The monoisotopic (exact) mass is 340 g/mol. The van der Waals surface area contributed by atoms with Gasteiger partial charge >= 0.3 is 0 Å². The summed E-state index contributed by atoms with van der Waals surface area (Å²) < 4.78 is 5.94. The summed E-state index contributed by atoms with van der Waals surface area (Å²) in [7, 11) is 0. The van der Waals surface area contributed by atoms with E-state index in [9.17, 15) is 0 Å². The summed E-state index contributed by atoms with van der Waals surface area (Å²) in [5, 5.41) is 8.25. The molecule has 5 nitrogen and oxygen atoms in total. The number of aryl methyl sites for hydroxylation is 1. The number of nitrogens with one attached hydrogen (secondary N) is 3. The first-order valence-corrected chi connectivity index (χ1v) is 9.50. The van der Waals surface area contributed by atoms with Crippen molar-refractivity contribution in [2.75, 3.05) is 13.1 Å². The van der Waals surface area contributed by atoms with Gasteiger partial charge in [0.05, 0.1) is 18.2 Å². The zero-order chi connectivity index (χ0) is 17.2. The number of benzene rings is 1. The molecule has 0 amide bonds. The molecule has 134 valence electrons. The van der Waals surface area contributed by atoms with Gasteiger partial charge in [-0.1, -0.05) is 12.1 Å². The Morgan fingerprint density at radius 2 is 2.28 bits per heavy atom. The Morgan fingerprint density at radius 1 is 1.36 bits per heavy atom. The molecule has 5 heteroatoms. The molecular formula is C20H28N4O. The van der Waals surface area contributed by atoms with Gasteiger partial charge in [0.15, 0.2) is 5.96 Å². The van der Waals surface area contributed by atoms with Crippen LogP contribution in [0.25, 0.3) is 10.9 Å². The second-order valence-electron chi connectivity index (χ2n) is 7.23. The van der Waals surface area contributed by atoms with Crippen molar-refractivity contribution in [3.05, 3.63) is 35.5 Å². The van der Waals surface area contributed by atoms with Crippen LogP contribution >= 0.6 is 0 Å². The van der Waals surface area contributed by atoms with Crippen molar-refractivity contribution in [3.8, 4) is 0 Å². The predicted molar refractivity (Wildman–Crippen MR) is 102 cm³/mol. The quantitative estimate of drug-likeness (QED) is 0.579. The predicted octanol–water partition coefficient (Wildman–Crippen LogP) is 2.89. The molecule has 4 rings (SSSR count). The molecule has 3 N–H and O–H groups in total. The lowest BCUT2D eigenvalue weighted by molar-refractivity contribution is 0.0992. The largest absolute Gasteiger partial charge is 0.373 e. The van der Waals surface area contributed by atoms with Crippen molar-refractivity contribution in [2.24, 2.45) is 4.99 Å². The van der Waals surface area contributed by atoms with Crippen LogP contribution in [0.5, 0.6) is 0 Å². The highest BCUT2D eigenvalue weighted by atomic mass is 16.5. The molecule has 3 heterocycles. The minimum absolute atomic E-state index is 0.366. The number of guanidine groups is 1. The van der Waals surface area contributed by atoms with Crippen LogP contribution in [0, 0.1) is 6.92 Å². The number of hydrogen-bond acceptors (Lipinski definition) is 2. The van der Waals surface area contributed by atoms with E-state index in [1.807, 2.05) is 0 Å². The number of aliphatic imine (C=N–C) groups is 1. The lowest BCUT2D eigenvalue weighted by Gasteiger charge is -2.22. The van der Waals surface area contributed by atoms with Crippen molar-refractivity contribution in [3.63, 3.8) is 0 Å². The van der Waals surface area contributed by atoms with Crippen LogP contribution in [0.2, 0.25) is 0 Å². The first kappa shape index (κ1) is 16.5. The minimum Gasteiger partial charge on any atom is -0.373 e. The van der Waals surface area contributed by atoms with Crippen LogP contribution in [0.4, 0.5) is 0 Å². The molecule has 25 heavy (non-hydrogen) atoms. The zero-order valence-electron chi connectivity index (χ0n) is 15.1. The summed E-state index contributed by atoms with van der Waals surface area (Å²) in [6.45, 7) is 5.88. The fourth-order valence-corrected chi connectivity index (χ4v) is 4.08. The van der Waals surface area contributed by atoms with E-state index in [1.165, 1.54) is 34.9 Å². The third-order valence-corrected chi connectivity index (χ3v) is 5.35. The number of H-pyrrole nitrogens is 1. The summed E-state index contributed by atoms with van der Waals surface area (Å²) in [6, 6.07) is 6.98. The fraction of sp³-hybridized carbons (Fsp3) is 0.550. The Balaban J connectivity index is 1.39. The average molecular weight is 340 g/mol. The molecule has 3 unspecified atom stereocenters. The molecular weight excluding hydrogens is 312 g/mol. The summed E-state index contributed by atoms with van der Waals surface area (Å²) >= 11 is 0. The van der Waals surface area contributed by atoms with Gasteiger partial charge in [0.2, 0.25) is 0 Å². The Labute approximate surface area is 149 Å². The van der Waals surface area contributed by atoms with Crippen molar-refractivity contribution >= 4 is 16.9 Å². The second-order valence-corrected chi connectivity index (χ2v) is 7.23. The van der Waals surface area contributed by atoms with Crippen molar-refractivity contribution in [2.45, 2.75) is 57.8 Å². The number of ether oxygens (including phenoxy) is 1. The van der Waals surface area contributed by atoms with Crippen molar-refractivity contribution < 1.29 is 4.74 Å². The van der Waals surface area contributed by atoms with Gasteiger partial charge < -0.3 is 20.4 Å².